The first kappa shape index (κ1) is 12.3. The second kappa shape index (κ2) is 3.97. The predicted molar refractivity (Wildman–Crippen MR) is 44.4 cm³/mol. The molecule has 0 unspecified atom stereocenters. The van der Waals surface area contributed by atoms with Crippen LogP contribution in [0, 0.1) is 11.6 Å². The van der Waals surface area contributed by atoms with E-state index < -0.39 is 37.6 Å². The van der Waals surface area contributed by atoms with Gasteiger partial charge in [-0.05, 0) is 12.1 Å². The van der Waals surface area contributed by atoms with Crippen LogP contribution in [0.3, 0.4) is 0 Å². The molecule has 0 aliphatic heterocycles. The highest BCUT2D eigenvalue weighted by molar-refractivity contribution is 8.13. The summed E-state index contributed by atoms with van der Waals surface area (Å²) in [7, 11) is 0.260. The molecule has 0 saturated carbocycles. The first-order valence-corrected chi connectivity index (χ1v) is 5.76. The second-order valence-corrected chi connectivity index (χ2v) is 5.05. The van der Waals surface area contributed by atoms with Gasteiger partial charge in [0.2, 0.25) is 0 Å². The number of alkyl halides is 2. The summed E-state index contributed by atoms with van der Waals surface area (Å²) < 4.78 is 71.2. The van der Waals surface area contributed by atoms with Gasteiger partial charge in [-0.3, -0.25) is 0 Å². The molecule has 8 heteroatoms. The van der Waals surface area contributed by atoms with Gasteiger partial charge in [-0.2, -0.15) is 0 Å². The highest BCUT2D eigenvalue weighted by Gasteiger charge is 2.24. The molecular weight excluding hydrogens is 260 g/mol. The van der Waals surface area contributed by atoms with Gasteiger partial charge < -0.3 is 0 Å². The van der Waals surface area contributed by atoms with Crippen LogP contribution in [0.25, 0.3) is 0 Å². The van der Waals surface area contributed by atoms with Crippen molar-refractivity contribution in [2.75, 3.05) is 0 Å². The van der Waals surface area contributed by atoms with Crippen LogP contribution in [-0.4, -0.2) is 8.42 Å². The molecule has 0 bridgehead atoms. The lowest BCUT2D eigenvalue weighted by Crippen LogP contribution is -2.02. The zero-order chi connectivity index (χ0) is 11.8. The Morgan fingerprint density at radius 2 is 1.67 bits per heavy atom. The summed E-state index contributed by atoms with van der Waals surface area (Å²) in [6.07, 6.45) is -3.23. The molecular formula is C7H3ClF4O2S. The zero-order valence-electron chi connectivity index (χ0n) is 6.85. The van der Waals surface area contributed by atoms with Gasteiger partial charge in [0.15, 0.2) is 11.6 Å². The standard InChI is InChI=1S/C7H3ClF4O2S/c8-15(13,14)4-2-1-3(7(11)12)5(9)6(4)10/h1-2,7H. The Balaban J connectivity index is 3.48. The summed E-state index contributed by atoms with van der Waals surface area (Å²) in [4.78, 5) is -1.16. The smallest absolute Gasteiger partial charge is 0.207 e. The number of hydrogen-bond donors (Lipinski definition) is 0. The van der Waals surface area contributed by atoms with E-state index >= 15 is 0 Å². The summed E-state index contributed by atoms with van der Waals surface area (Å²) >= 11 is 0. The van der Waals surface area contributed by atoms with E-state index in [0.717, 1.165) is 0 Å². The van der Waals surface area contributed by atoms with Crippen LogP contribution < -0.4 is 0 Å². The number of benzene rings is 1. The van der Waals surface area contributed by atoms with Gasteiger partial charge in [0.05, 0.1) is 5.56 Å². The monoisotopic (exact) mass is 262 g/mol. The van der Waals surface area contributed by atoms with Gasteiger partial charge in [0, 0.05) is 10.7 Å². The number of hydrogen-bond acceptors (Lipinski definition) is 2. The van der Waals surface area contributed by atoms with E-state index in [4.69, 9.17) is 10.7 Å². The van der Waals surface area contributed by atoms with Crippen LogP contribution in [0.4, 0.5) is 17.6 Å². The largest absolute Gasteiger partial charge is 0.266 e. The maximum atomic E-state index is 12.9. The average molecular weight is 263 g/mol. The molecule has 1 aromatic carbocycles. The van der Waals surface area contributed by atoms with Crippen molar-refractivity contribution < 1.29 is 26.0 Å². The Bertz CT molecular complexity index is 486. The van der Waals surface area contributed by atoms with Gasteiger partial charge in [0.1, 0.15) is 4.90 Å². The van der Waals surface area contributed by atoms with Crippen LogP contribution in [0.5, 0.6) is 0 Å². The van der Waals surface area contributed by atoms with E-state index in [1.54, 1.807) is 0 Å². The summed E-state index contributed by atoms with van der Waals surface area (Å²) in [5, 5.41) is 0. The molecule has 0 amide bonds. The van der Waals surface area contributed by atoms with Crippen molar-refractivity contribution >= 4 is 19.7 Å². The van der Waals surface area contributed by atoms with Crippen molar-refractivity contribution in [2.24, 2.45) is 0 Å². The Kier molecular flexibility index (Phi) is 3.25. The number of rotatable bonds is 2. The van der Waals surface area contributed by atoms with Crippen molar-refractivity contribution in [2.45, 2.75) is 11.3 Å². The van der Waals surface area contributed by atoms with Gasteiger partial charge >= 0.3 is 0 Å². The molecule has 84 valence electrons. The lowest BCUT2D eigenvalue weighted by Gasteiger charge is -2.05. The molecule has 2 nitrogen and oxygen atoms in total. The third-order valence-electron chi connectivity index (χ3n) is 1.57. The van der Waals surface area contributed by atoms with Crippen molar-refractivity contribution in [1.29, 1.82) is 0 Å². The third-order valence-corrected chi connectivity index (χ3v) is 2.91. The van der Waals surface area contributed by atoms with E-state index in [2.05, 4.69) is 0 Å². The van der Waals surface area contributed by atoms with Crippen molar-refractivity contribution in [3.63, 3.8) is 0 Å². The van der Waals surface area contributed by atoms with Gasteiger partial charge in [0.25, 0.3) is 15.5 Å². The second-order valence-electron chi connectivity index (χ2n) is 2.52. The van der Waals surface area contributed by atoms with Crippen LogP contribution in [0.1, 0.15) is 12.0 Å². The van der Waals surface area contributed by atoms with Crippen LogP contribution in [-0.2, 0) is 9.05 Å². The zero-order valence-corrected chi connectivity index (χ0v) is 8.42. The molecule has 0 heterocycles. The molecule has 0 radical (unpaired) electrons. The molecule has 0 atom stereocenters. The van der Waals surface area contributed by atoms with Gasteiger partial charge in [-0.25, -0.2) is 26.0 Å². The fourth-order valence-electron chi connectivity index (χ4n) is 0.904. The topological polar surface area (TPSA) is 34.1 Å². The van der Waals surface area contributed by atoms with Crippen molar-refractivity contribution in [1.82, 2.24) is 0 Å². The first-order chi connectivity index (χ1) is 6.75. The minimum atomic E-state index is -4.49. The Morgan fingerprint density at radius 3 is 2.07 bits per heavy atom. The van der Waals surface area contributed by atoms with E-state index in [1.165, 1.54) is 0 Å². The SMILES string of the molecule is O=S(=O)(Cl)c1ccc(C(F)F)c(F)c1F. The molecule has 0 spiro atoms. The lowest BCUT2D eigenvalue weighted by atomic mass is 10.2. The molecule has 0 saturated heterocycles. The maximum Gasteiger partial charge on any atom is 0.266 e. The molecule has 1 aromatic rings. The average Bonchev–Trinajstić information content (AvgIpc) is 2.06. The summed E-state index contributed by atoms with van der Waals surface area (Å²) in [5.74, 6) is -3.81. The Hall–Kier alpha value is -0.820. The molecule has 15 heavy (non-hydrogen) atoms. The van der Waals surface area contributed by atoms with Gasteiger partial charge in [-0.1, -0.05) is 0 Å². The maximum absolute atomic E-state index is 12.9. The predicted octanol–water partition coefficient (Wildman–Crippen LogP) is 2.83. The van der Waals surface area contributed by atoms with Crippen molar-refractivity contribution in [3.8, 4) is 0 Å². The minimum absolute atomic E-state index is 0.471. The van der Waals surface area contributed by atoms with E-state index in [9.17, 15) is 26.0 Å². The van der Waals surface area contributed by atoms with E-state index in [1.807, 2.05) is 0 Å². The quantitative estimate of drug-likeness (QED) is 0.607. The molecule has 0 aromatic heterocycles. The number of halogens is 5. The molecule has 0 N–H and O–H groups in total. The fraction of sp³-hybridized carbons (Fsp3) is 0.143. The van der Waals surface area contributed by atoms with Gasteiger partial charge in [-0.15, -0.1) is 0 Å². The van der Waals surface area contributed by atoms with E-state index in [-0.39, 0.29) is 0 Å². The van der Waals surface area contributed by atoms with Crippen LogP contribution in [0.2, 0.25) is 0 Å². The summed E-state index contributed by atoms with van der Waals surface area (Å²) in [6, 6.07) is 0.959. The minimum Gasteiger partial charge on any atom is -0.207 e. The molecule has 0 aliphatic carbocycles. The summed E-state index contributed by atoms with van der Waals surface area (Å²) in [6.45, 7) is 0. The highest BCUT2D eigenvalue weighted by Crippen LogP contribution is 2.28. The van der Waals surface area contributed by atoms with Crippen LogP contribution >= 0.6 is 10.7 Å². The van der Waals surface area contributed by atoms with E-state index in [0.29, 0.717) is 12.1 Å². The molecule has 0 aliphatic rings. The Labute approximate surface area is 86.9 Å². The third kappa shape index (κ3) is 2.40. The van der Waals surface area contributed by atoms with Crippen LogP contribution in [0.15, 0.2) is 17.0 Å². The van der Waals surface area contributed by atoms with Crippen molar-refractivity contribution in [3.05, 3.63) is 29.3 Å². The highest BCUT2D eigenvalue weighted by atomic mass is 35.7. The summed E-state index contributed by atoms with van der Waals surface area (Å²) in [5.41, 5.74) is -1.21. The first-order valence-electron chi connectivity index (χ1n) is 3.46. The molecule has 0 fully saturated rings. The normalized spacial score (nSPS) is 12.1. The lowest BCUT2D eigenvalue weighted by molar-refractivity contribution is 0.145. The Morgan fingerprint density at radius 1 is 1.13 bits per heavy atom. The molecule has 1 rings (SSSR count). The fourth-order valence-corrected chi connectivity index (χ4v) is 1.80.